The average Bonchev–Trinajstić information content (AvgIpc) is 2.28. The normalized spacial score (nSPS) is 17.1. The van der Waals surface area contributed by atoms with E-state index in [9.17, 15) is 0 Å². The molecule has 0 radical (unpaired) electrons. The zero-order valence-electron chi connectivity index (χ0n) is 11.2. The van der Waals surface area contributed by atoms with Crippen molar-refractivity contribution in [2.45, 2.75) is 39.7 Å². The van der Waals surface area contributed by atoms with E-state index in [0.717, 1.165) is 6.54 Å². The Hall–Kier alpha value is -1.02. The summed E-state index contributed by atoms with van der Waals surface area (Å²) in [6.45, 7) is 8.97. The summed E-state index contributed by atoms with van der Waals surface area (Å²) in [5.74, 6) is 0.717. The monoisotopic (exact) mass is 232 g/mol. The molecule has 0 aromatic heterocycles. The molecular weight excluding hydrogens is 208 g/mol. The molecule has 1 aromatic rings. The number of fused-ring (bicyclic) bond motifs is 1. The molecule has 2 nitrogen and oxygen atoms in total. The Morgan fingerprint density at radius 2 is 2.06 bits per heavy atom. The summed E-state index contributed by atoms with van der Waals surface area (Å²) in [6.07, 6.45) is 2.46. The molecule has 0 amide bonds. The first-order valence-corrected chi connectivity index (χ1v) is 6.71. The quantitative estimate of drug-likeness (QED) is 0.867. The number of nitrogens with zero attached hydrogens (tertiary/aromatic N) is 1. The highest BCUT2D eigenvalue weighted by Crippen LogP contribution is 2.29. The molecule has 94 valence electrons. The van der Waals surface area contributed by atoms with Crippen molar-refractivity contribution >= 4 is 5.69 Å². The second-order valence-electron chi connectivity index (χ2n) is 5.62. The fraction of sp³-hybridized carbons (Fsp3) is 0.600. The fourth-order valence-corrected chi connectivity index (χ4v) is 2.61. The van der Waals surface area contributed by atoms with Gasteiger partial charge in [0.15, 0.2) is 0 Å². The van der Waals surface area contributed by atoms with Crippen molar-refractivity contribution < 1.29 is 0 Å². The molecule has 2 heteroatoms. The van der Waals surface area contributed by atoms with Gasteiger partial charge in [0.2, 0.25) is 0 Å². The number of benzene rings is 1. The van der Waals surface area contributed by atoms with Crippen molar-refractivity contribution in [1.82, 2.24) is 0 Å². The molecule has 0 saturated heterocycles. The molecule has 0 saturated carbocycles. The minimum atomic E-state index is 0.140. The Morgan fingerprint density at radius 3 is 2.71 bits per heavy atom. The number of hydrogen-bond donors (Lipinski definition) is 1. The van der Waals surface area contributed by atoms with Crippen molar-refractivity contribution in [1.29, 1.82) is 0 Å². The van der Waals surface area contributed by atoms with Gasteiger partial charge in [-0.05, 0) is 42.9 Å². The second-order valence-corrected chi connectivity index (χ2v) is 5.62. The first-order chi connectivity index (χ1) is 8.08. The highest BCUT2D eigenvalue weighted by atomic mass is 15.1. The maximum atomic E-state index is 5.95. The van der Waals surface area contributed by atoms with Gasteiger partial charge < -0.3 is 10.6 Å². The Bertz CT molecular complexity index is 383. The molecule has 1 heterocycles. The molecule has 1 aliphatic heterocycles. The third kappa shape index (κ3) is 2.81. The van der Waals surface area contributed by atoms with Gasteiger partial charge >= 0.3 is 0 Å². The van der Waals surface area contributed by atoms with Gasteiger partial charge in [0.25, 0.3) is 0 Å². The van der Waals surface area contributed by atoms with Crippen molar-refractivity contribution in [3.05, 3.63) is 29.3 Å². The summed E-state index contributed by atoms with van der Waals surface area (Å²) >= 11 is 0. The fourth-order valence-electron chi connectivity index (χ4n) is 2.61. The molecule has 1 unspecified atom stereocenters. The van der Waals surface area contributed by atoms with E-state index < -0.39 is 0 Å². The van der Waals surface area contributed by atoms with Crippen LogP contribution in [0.5, 0.6) is 0 Å². The van der Waals surface area contributed by atoms with Gasteiger partial charge in [-0.25, -0.2) is 0 Å². The van der Waals surface area contributed by atoms with E-state index in [4.69, 9.17) is 5.73 Å². The van der Waals surface area contributed by atoms with Crippen LogP contribution in [0.15, 0.2) is 18.2 Å². The maximum Gasteiger partial charge on any atom is 0.0399 e. The molecule has 17 heavy (non-hydrogen) atoms. The molecule has 0 fully saturated rings. The van der Waals surface area contributed by atoms with E-state index in [1.807, 2.05) is 0 Å². The molecule has 0 bridgehead atoms. The second kappa shape index (κ2) is 5.09. The Morgan fingerprint density at radius 1 is 1.29 bits per heavy atom. The molecule has 2 N–H and O–H groups in total. The molecule has 1 aromatic carbocycles. The summed E-state index contributed by atoms with van der Waals surface area (Å²) in [5, 5.41) is 0. The van der Waals surface area contributed by atoms with Gasteiger partial charge in [0.1, 0.15) is 0 Å². The first-order valence-electron chi connectivity index (χ1n) is 6.71. The minimum Gasteiger partial charge on any atom is -0.371 e. The smallest absolute Gasteiger partial charge is 0.0399 e. The lowest BCUT2D eigenvalue weighted by atomic mass is 9.96. The van der Waals surface area contributed by atoms with Crippen LogP contribution in [-0.4, -0.2) is 13.1 Å². The highest BCUT2D eigenvalue weighted by Gasteiger charge is 2.18. The van der Waals surface area contributed by atoms with Crippen LogP contribution in [0.3, 0.4) is 0 Å². The minimum absolute atomic E-state index is 0.140. The van der Waals surface area contributed by atoms with E-state index in [2.05, 4.69) is 43.9 Å². The number of hydrogen-bond acceptors (Lipinski definition) is 2. The largest absolute Gasteiger partial charge is 0.371 e. The van der Waals surface area contributed by atoms with E-state index in [-0.39, 0.29) is 6.04 Å². The van der Waals surface area contributed by atoms with Crippen molar-refractivity contribution in [2.75, 3.05) is 18.0 Å². The molecular formula is C15H24N2. The first kappa shape index (κ1) is 12.4. The SMILES string of the molecule is CC(C)CN1CCCc2cc(C(C)N)ccc21. The standard InChI is InChI=1S/C15H24N2/c1-11(2)10-17-8-4-5-14-9-13(12(3)16)6-7-15(14)17/h6-7,9,11-12H,4-5,8,10,16H2,1-3H3. The predicted octanol–water partition coefficient (Wildman–Crippen LogP) is 3.11. The Kier molecular flexibility index (Phi) is 3.72. The topological polar surface area (TPSA) is 29.3 Å². The predicted molar refractivity (Wildman–Crippen MR) is 74.4 cm³/mol. The van der Waals surface area contributed by atoms with Crippen molar-refractivity contribution in [2.24, 2.45) is 11.7 Å². The van der Waals surface area contributed by atoms with Gasteiger partial charge in [-0.3, -0.25) is 0 Å². The van der Waals surface area contributed by atoms with Crippen LogP contribution in [-0.2, 0) is 6.42 Å². The number of aryl methyl sites for hydroxylation is 1. The van der Waals surface area contributed by atoms with Crippen molar-refractivity contribution in [3.63, 3.8) is 0 Å². The van der Waals surface area contributed by atoms with Crippen LogP contribution in [0.4, 0.5) is 5.69 Å². The molecule has 0 aliphatic carbocycles. The number of rotatable bonds is 3. The van der Waals surface area contributed by atoms with Crippen molar-refractivity contribution in [3.8, 4) is 0 Å². The summed E-state index contributed by atoms with van der Waals surface area (Å²) in [4.78, 5) is 2.52. The van der Waals surface area contributed by atoms with E-state index in [1.54, 1.807) is 0 Å². The molecule has 2 rings (SSSR count). The van der Waals surface area contributed by atoms with Crippen LogP contribution < -0.4 is 10.6 Å². The van der Waals surface area contributed by atoms with Crippen LogP contribution in [0.25, 0.3) is 0 Å². The van der Waals surface area contributed by atoms with Gasteiger partial charge in [0.05, 0.1) is 0 Å². The van der Waals surface area contributed by atoms with Crippen LogP contribution >= 0.6 is 0 Å². The number of anilines is 1. The van der Waals surface area contributed by atoms with Gasteiger partial charge in [-0.15, -0.1) is 0 Å². The third-order valence-electron chi connectivity index (χ3n) is 3.43. The third-order valence-corrected chi connectivity index (χ3v) is 3.43. The summed E-state index contributed by atoms with van der Waals surface area (Å²) in [6, 6.07) is 6.88. The lowest BCUT2D eigenvalue weighted by Gasteiger charge is -2.33. The lowest BCUT2D eigenvalue weighted by Crippen LogP contribution is -2.32. The van der Waals surface area contributed by atoms with E-state index >= 15 is 0 Å². The Labute approximate surface area is 105 Å². The maximum absolute atomic E-state index is 5.95. The zero-order valence-corrected chi connectivity index (χ0v) is 11.2. The van der Waals surface area contributed by atoms with E-state index in [1.165, 1.54) is 36.2 Å². The number of nitrogens with two attached hydrogens (primary N) is 1. The average molecular weight is 232 g/mol. The van der Waals surface area contributed by atoms with Gasteiger partial charge in [-0.1, -0.05) is 26.0 Å². The van der Waals surface area contributed by atoms with E-state index in [0.29, 0.717) is 5.92 Å². The van der Waals surface area contributed by atoms with Crippen LogP contribution in [0.1, 0.15) is 44.4 Å². The molecule has 1 atom stereocenters. The summed E-state index contributed by atoms with van der Waals surface area (Å²) in [7, 11) is 0. The summed E-state index contributed by atoms with van der Waals surface area (Å²) in [5.41, 5.74) is 10.1. The molecule has 0 spiro atoms. The van der Waals surface area contributed by atoms with Crippen LogP contribution in [0, 0.1) is 5.92 Å². The van der Waals surface area contributed by atoms with Gasteiger partial charge in [-0.2, -0.15) is 0 Å². The van der Waals surface area contributed by atoms with Crippen LogP contribution in [0.2, 0.25) is 0 Å². The highest BCUT2D eigenvalue weighted by molar-refractivity contribution is 5.57. The Balaban J connectivity index is 2.27. The summed E-state index contributed by atoms with van der Waals surface area (Å²) < 4.78 is 0. The van der Waals surface area contributed by atoms with Gasteiger partial charge in [0, 0.05) is 24.8 Å². The lowest BCUT2D eigenvalue weighted by molar-refractivity contribution is 0.584. The molecule has 1 aliphatic rings. The zero-order chi connectivity index (χ0) is 12.4.